The number of hydrogen-bond acceptors (Lipinski definition) is 3. The van der Waals surface area contributed by atoms with Crippen LogP contribution in [0.15, 0.2) is 30.3 Å². The third-order valence-corrected chi connectivity index (χ3v) is 3.68. The number of hydrogen-bond donors (Lipinski definition) is 0. The van der Waals surface area contributed by atoms with Crippen molar-refractivity contribution >= 4 is 6.09 Å². The monoisotopic (exact) mass is 231 g/mol. The summed E-state index contributed by atoms with van der Waals surface area (Å²) >= 11 is 0. The number of amides is 1. The predicted octanol–water partition coefficient (Wildman–Crippen LogP) is 0.147. The Bertz CT molecular complexity index is 418. The van der Waals surface area contributed by atoms with Crippen LogP contribution in [0.4, 0.5) is 4.79 Å². The molecule has 0 atom stereocenters. The molecular formula is C13H15N2O2-. The van der Waals surface area contributed by atoms with E-state index >= 15 is 0 Å². The summed E-state index contributed by atoms with van der Waals surface area (Å²) in [5.74, 6) is 0. The van der Waals surface area contributed by atoms with E-state index in [1.54, 1.807) is 0 Å². The first-order valence-corrected chi connectivity index (χ1v) is 5.89. The molecule has 2 aliphatic heterocycles. The van der Waals surface area contributed by atoms with Gasteiger partial charge in [0, 0.05) is 38.1 Å². The smallest absolute Gasteiger partial charge is 0.136 e. The van der Waals surface area contributed by atoms with Crippen LogP contribution >= 0.6 is 0 Å². The van der Waals surface area contributed by atoms with Crippen LogP contribution < -0.4 is 5.11 Å². The Morgan fingerprint density at radius 1 is 1.18 bits per heavy atom. The van der Waals surface area contributed by atoms with Crippen molar-refractivity contribution in [1.29, 1.82) is 0 Å². The fourth-order valence-corrected chi connectivity index (χ4v) is 2.95. The van der Waals surface area contributed by atoms with Crippen LogP contribution in [0.2, 0.25) is 0 Å². The molecule has 0 N–H and O–H groups in total. The van der Waals surface area contributed by atoms with Gasteiger partial charge in [0.15, 0.2) is 0 Å². The van der Waals surface area contributed by atoms with Crippen molar-refractivity contribution in [2.75, 3.05) is 26.2 Å². The predicted molar refractivity (Wildman–Crippen MR) is 61.1 cm³/mol. The lowest BCUT2D eigenvalue weighted by Crippen LogP contribution is -2.73. The van der Waals surface area contributed by atoms with Gasteiger partial charge in [-0.1, -0.05) is 30.3 Å². The molecular weight excluding hydrogens is 216 g/mol. The Hall–Kier alpha value is -1.55. The number of rotatable bonds is 2. The second-order valence-electron chi connectivity index (χ2n) is 5.25. The van der Waals surface area contributed by atoms with E-state index in [0.29, 0.717) is 13.1 Å². The summed E-state index contributed by atoms with van der Waals surface area (Å²) in [4.78, 5) is 14.3. The van der Waals surface area contributed by atoms with Gasteiger partial charge in [-0.15, -0.1) is 0 Å². The van der Waals surface area contributed by atoms with Gasteiger partial charge in [-0.05, 0) is 5.56 Å². The van der Waals surface area contributed by atoms with Gasteiger partial charge < -0.3 is 14.8 Å². The topological polar surface area (TPSA) is 46.6 Å². The summed E-state index contributed by atoms with van der Waals surface area (Å²) in [6.45, 7) is 4.28. The standard InChI is InChI=1S/C13H16N2O2/c16-12(17)15-9-13(10-15)7-14(8-13)6-11-4-2-1-3-5-11/h1-5H,6-10H2,(H,16,17)/p-1. The number of nitrogens with zero attached hydrogens (tertiary/aromatic N) is 2. The molecule has 0 bridgehead atoms. The molecule has 0 unspecified atom stereocenters. The third-order valence-electron chi connectivity index (χ3n) is 3.68. The second-order valence-corrected chi connectivity index (χ2v) is 5.25. The lowest BCUT2D eigenvalue weighted by molar-refractivity contribution is -0.280. The Labute approximate surface area is 100 Å². The van der Waals surface area contributed by atoms with Crippen molar-refractivity contribution in [2.24, 2.45) is 5.41 Å². The fraction of sp³-hybridized carbons (Fsp3) is 0.462. The molecule has 2 aliphatic rings. The minimum atomic E-state index is -1.03. The summed E-state index contributed by atoms with van der Waals surface area (Å²) in [5.41, 5.74) is 1.55. The largest absolute Gasteiger partial charge is 0.530 e. The molecule has 4 heteroatoms. The first-order chi connectivity index (χ1) is 8.17. The minimum Gasteiger partial charge on any atom is -0.530 e. The maximum absolute atomic E-state index is 10.6. The molecule has 0 aromatic heterocycles. The van der Waals surface area contributed by atoms with Crippen LogP contribution in [0.1, 0.15) is 5.56 Å². The van der Waals surface area contributed by atoms with Gasteiger partial charge in [0.05, 0.1) is 0 Å². The summed E-state index contributed by atoms with van der Waals surface area (Å²) < 4.78 is 0. The van der Waals surface area contributed by atoms with E-state index in [1.165, 1.54) is 10.5 Å². The number of likely N-dealkylation sites (tertiary alicyclic amines) is 2. The van der Waals surface area contributed by atoms with Crippen LogP contribution in [0, 0.1) is 5.41 Å². The molecule has 1 aromatic rings. The molecule has 1 aromatic carbocycles. The summed E-state index contributed by atoms with van der Waals surface area (Å²) in [6, 6.07) is 10.4. The highest BCUT2D eigenvalue weighted by Gasteiger charge is 2.51. The molecule has 3 rings (SSSR count). The average Bonchev–Trinajstić information content (AvgIpc) is 2.20. The Morgan fingerprint density at radius 3 is 2.41 bits per heavy atom. The SMILES string of the molecule is O=C([O-])N1CC2(CN(Cc3ccccc3)C2)C1. The molecule has 2 fully saturated rings. The van der Waals surface area contributed by atoms with Crippen LogP contribution in [0.3, 0.4) is 0 Å². The number of benzene rings is 1. The molecule has 0 saturated carbocycles. The van der Waals surface area contributed by atoms with E-state index in [4.69, 9.17) is 0 Å². The Kier molecular flexibility index (Phi) is 2.33. The lowest BCUT2D eigenvalue weighted by atomic mass is 9.73. The highest BCUT2D eigenvalue weighted by atomic mass is 16.4. The van der Waals surface area contributed by atoms with Gasteiger partial charge >= 0.3 is 0 Å². The van der Waals surface area contributed by atoms with Crippen molar-refractivity contribution in [3.63, 3.8) is 0 Å². The molecule has 1 spiro atoms. The Balaban J connectivity index is 1.49. The molecule has 2 heterocycles. The quantitative estimate of drug-likeness (QED) is 0.727. The second kappa shape index (κ2) is 3.74. The van der Waals surface area contributed by atoms with Gasteiger partial charge in [0.1, 0.15) is 6.09 Å². The van der Waals surface area contributed by atoms with E-state index in [0.717, 1.165) is 19.6 Å². The first-order valence-electron chi connectivity index (χ1n) is 5.89. The zero-order valence-corrected chi connectivity index (χ0v) is 9.63. The van der Waals surface area contributed by atoms with Crippen LogP contribution in [-0.2, 0) is 6.54 Å². The summed E-state index contributed by atoms with van der Waals surface area (Å²) in [5, 5.41) is 10.6. The normalized spacial score (nSPS) is 22.0. The molecule has 2 saturated heterocycles. The van der Waals surface area contributed by atoms with Crippen molar-refractivity contribution in [1.82, 2.24) is 9.80 Å². The zero-order valence-electron chi connectivity index (χ0n) is 9.63. The van der Waals surface area contributed by atoms with Crippen LogP contribution in [-0.4, -0.2) is 42.1 Å². The summed E-state index contributed by atoms with van der Waals surface area (Å²) in [6.07, 6.45) is -1.03. The highest BCUT2D eigenvalue weighted by molar-refractivity contribution is 5.64. The van der Waals surface area contributed by atoms with Crippen molar-refractivity contribution in [3.05, 3.63) is 35.9 Å². The van der Waals surface area contributed by atoms with Crippen molar-refractivity contribution in [2.45, 2.75) is 6.54 Å². The lowest BCUT2D eigenvalue weighted by Gasteiger charge is -2.61. The zero-order chi connectivity index (χ0) is 11.9. The highest BCUT2D eigenvalue weighted by Crippen LogP contribution is 2.39. The molecule has 17 heavy (non-hydrogen) atoms. The van der Waals surface area contributed by atoms with E-state index in [2.05, 4.69) is 17.0 Å². The number of carbonyl (C=O) groups is 1. The van der Waals surface area contributed by atoms with E-state index < -0.39 is 6.09 Å². The third kappa shape index (κ3) is 1.89. The minimum absolute atomic E-state index is 0.231. The maximum atomic E-state index is 10.6. The van der Waals surface area contributed by atoms with E-state index in [9.17, 15) is 9.90 Å². The van der Waals surface area contributed by atoms with Gasteiger partial charge in [0.25, 0.3) is 0 Å². The van der Waals surface area contributed by atoms with Crippen molar-refractivity contribution in [3.8, 4) is 0 Å². The summed E-state index contributed by atoms with van der Waals surface area (Å²) in [7, 11) is 0. The van der Waals surface area contributed by atoms with Crippen LogP contribution in [0.5, 0.6) is 0 Å². The van der Waals surface area contributed by atoms with Gasteiger partial charge in [-0.25, -0.2) is 0 Å². The fourth-order valence-electron chi connectivity index (χ4n) is 2.95. The first kappa shape index (κ1) is 10.6. The maximum Gasteiger partial charge on any atom is 0.136 e. The van der Waals surface area contributed by atoms with Crippen molar-refractivity contribution < 1.29 is 9.90 Å². The Morgan fingerprint density at radius 2 is 1.82 bits per heavy atom. The molecule has 90 valence electrons. The molecule has 0 aliphatic carbocycles. The van der Waals surface area contributed by atoms with Gasteiger partial charge in [-0.2, -0.15) is 0 Å². The van der Waals surface area contributed by atoms with Gasteiger partial charge in [-0.3, -0.25) is 4.90 Å². The number of carboxylic acid groups (broad SMARTS) is 1. The average molecular weight is 231 g/mol. The molecule has 1 amide bonds. The van der Waals surface area contributed by atoms with Gasteiger partial charge in [0.2, 0.25) is 0 Å². The van der Waals surface area contributed by atoms with E-state index in [1.807, 2.05) is 18.2 Å². The van der Waals surface area contributed by atoms with E-state index in [-0.39, 0.29) is 5.41 Å². The molecule has 4 nitrogen and oxygen atoms in total. The number of carbonyl (C=O) groups excluding carboxylic acids is 1. The molecule has 0 radical (unpaired) electrons. The van der Waals surface area contributed by atoms with Crippen LogP contribution in [0.25, 0.3) is 0 Å².